The lowest BCUT2D eigenvalue weighted by atomic mass is 10.1. The fourth-order valence-corrected chi connectivity index (χ4v) is 2.11. The second kappa shape index (κ2) is 6.91. The molecular formula is C16H20N2O2. The van der Waals surface area contributed by atoms with E-state index in [0.29, 0.717) is 13.1 Å². The monoisotopic (exact) mass is 272 g/mol. The molecule has 0 unspecified atom stereocenters. The fourth-order valence-electron chi connectivity index (χ4n) is 2.11. The first-order valence-electron chi connectivity index (χ1n) is 6.77. The Balaban J connectivity index is 1.88. The normalized spacial score (nSPS) is 10.8. The van der Waals surface area contributed by atoms with Crippen LogP contribution in [0.15, 0.2) is 47.1 Å². The Hall–Kier alpha value is -2.07. The number of benzene rings is 1. The number of rotatable bonds is 6. The van der Waals surface area contributed by atoms with Gasteiger partial charge in [-0.2, -0.15) is 0 Å². The van der Waals surface area contributed by atoms with Gasteiger partial charge in [-0.05, 0) is 37.2 Å². The molecule has 0 saturated carbocycles. The van der Waals surface area contributed by atoms with Crippen molar-refractivity contribution in [1.29, 1.82) is 0 Å². The lowest BCUT2D eigenvalue weighted by Gasteiger charge is -2.16. The van der Waals surface area contributed by atoms with Gasteiger partial charge in [0.05, 0.1) is 19.4 Å². The molecule has 0 saturated heterocycles. The zero-order chi connectivity index (χ0) is 14.4. The smallest absolute Gasteiger partial charge is 0.238 e. The van der Waals surface area contributed by atoms with Crippen molar-refractivity contribution >= 4 is 11.6 Å². The van der Waals surface area contributed by atoms with E-state index in [0.717, 1.165) is 23.4 Å². The highest BCUT2D eigenvalue weighted by atomic mass is 16.3. The molecule has 0 aliphatic rings. The molecule has 0 atom stereocenters. The number of likely N-dealkylation sites (N-methyl/N-ethyl adjacent to an activating group) is 1. The molecule has 0 radical (unpaired) electrons. The van der Waals surface area contributed by atoms with E-state index < -0.39 is 0 Å². The Morgan fingerprint density at radius 3 is 2.75 bits per heavy atom. The van der Waals surface area contributed by atoms with Gasteiger partial charge >= 0.3 is 0 Å². The van der Waals surface area contributed by atoms with Gasteiger partial charge in [0, 0.05) is 5.69 Å². The van der Waals surface area contributed by atoms with E-state index >= 15 is 0 Å². The fraction of sp³-hybridized carbons (Fsp3) is 0.312. The van der Waals surface area contributed by atoms with E-state index in [1.807, 2.05) is 48.3 Å². The Morgan fingerprint density at radius 2 is 2.05 bits per heavy atom. The summed E-state index contributed by atoms with van der Waals surface area (Å²) in [6, 6.07) is 11.6. The molecule has 1 aromatic carbocycles. The van der Waals surface area contributed by atoms with Crippen LogP contribution in [0.3, 0.4) is 0 Å². The molecule has 0 fully saturated rings. The van der Waals surface area contributed by atoms with E-state index in [2.05, 4.69) is 12.2 Å². The van der Waals surface area contributed by atoms with Crippen LogP contribution in [0.1, 0.15) is 18.2 Å². The Kier molecular flexibility index (Phi) is 4.96. The number of anilines is 1. The average molecular weight is 272 g/mol. The van der Waals surface area contributed by atoms with Crippen LogP contribution in [0.4, 0.5) is 5.69 Å². The molecule has 1 heterocycles. The zero-order valence-corrected chi connectivity index (χ0v) is 11.9. The van der Waals surface area contributed by atoms with Crippen molar-refractivity contribution in [2.24, 2.45) is 0 Å². The predicted octanol–water partition coefficient (Wildman–Crippen LogP) is 2.91. The van der Waals surface area contributed by atoms with Crippen LogP contribution in [-0.4, -0.2) is 24.4 Å². The number of furan rings is 1. The minimum atomic E-state index is -0.0139. The van der Waals surface area contributed by atoms with Gasteiger partial charge in [-0.25, -0.2) is 0 Å². The summed E-state index contributed by atoms with van der Waals surface area (Å²) in [5, 5.41) is 2.96. The van der Waals surface area contributed by atoms with Gasteiger partial charge < -0.3 is 9.73 Å². The van der Waals surface area contributed by atoms with Gasteiger partial charge in [0.25, 0.3) is 0 Å². The number of carbonyl (C=O) groups excluding carboxylic acids is 1. The SMILES string of the molecule is CCc1ccccc1NC(=O)CN(C)Cc1ccco1. The first kappa shape index (κ1) is 14.3. The molecule has 0 spiro atoms. The van der Waals surface area contributed by atoms with Crippen LogP contribution < -0.4 is 5.32 Å². The minimum Gasteiger partial charge on any atom is -0.468 e. The number of aryl methyl sites for hydroxylation is 1. The molecule has 106 valence electrons. The summed E-state index contributed by atoms with van der Waals surface area (Å²) in [5.41, 5.74) is 2.04. The Labute approximate surface area is 119 Å². The number of carbonyl (C=O) groups is 1. The minimum absolute atomic E-state index is 0.0139. The molecule has 2 aromatic rings. The van der Waals surface area contributed by atoms with E-state index in [9.17, 15) is 4.79 Å². The van der Waals surface area contributed by atoms with Gasteiger partial charge in [0.15, 0.2) is 0 Å². The number of hydrogen-bond donors (Lipinski definition) is 1. The zero-order valence-electron chi connectivity index (χ0n) is 11.9. The second-order valence-electron chi connectivity index (χ2n) is 4.81. The number of nitrogens with one attached hydrogen (secondary N) is 1. The van der Waals surface area contributed by atoms with Crippen LogP contribution in [-0.2, 0) is 17.8 Å². The summed E-state index contributed by atoms with van der Waals surface area (Å²) < 4.78 is 5.27. The topological polar surface area (TPSA) is 45.5 Å². The molecule has 1 N–H and O–H groups in total. The highest BCUT2D eigenvalue weighted by Crippen LogP contribution is 2.15. The molecule has 0 aliphatic heterocycles. The van der Waals surface area contributed by atoms with Gasteiger partial charge in [-0.15, -0.1) is 0 Å². The standard InChI is InChI=1S/C16H20N2O2/c1-3-13-7-4-5-9-15(13)17-16(19)12-18(2)11-14-8-6-10-20-14/h4-10H,3,11-12H2,1-2H3,(H,17,19). The van der Waals surface area contributed by atoms with Crippen LogP contribution in [0.2, 0.25) is 0 Å². The third kappa shape index (κ3) is 3.96. The summed E-state index contributed by atoms with van der Waals surface area (Å²) >= 11 is 0. The highest BCUT2D eigenvalue weighted by Gasteiger charge is 2.10. The maximum atomic E-state index is 12.0. The third-order valence-electron chi connectivity index (χ3n) is 3.09. The van der Waals surface area contributed by atoms with Crippen molar-refractivity contribution in [2.75, 3.05) is 18.9 Å². The first-order chi connectivity index (χ1) is 9.69. The van der Waals surface area contributed by atoms with E-state index in [4.69, 9.17) is 4.42 Å². The Bertz CT molecular complexity index is 549. The molecule has 0 aliphatic carbocycles. The second-order valence-corrected chi connectivity index (χ2v) is 4.81. The quantitative estimate of drug-likeness (QED) is 0.879. The predicted molar refractivity (Wildman–Crippen MR) is 79.5 cm³/mol. The molecule has 20 heavy (non-hydrogen) atoms. The summed E-state index contributed by atoms with van der Waals surface area (Å²) in [5.74, 6) is 0.842. The van der Waals surface area contributed by atoms with Gasteiger partial charge in [-0.1, -0.05) is 25.1 Å². The largest absolute Gasteiger partial charge is 0.468 e. The number of para-hydroxylation sites is 1. The molecular weight excluding hydrogens is 252 g/mol. The van der Waals surface area contributed by atoms with Crippen molar-refractivity contribution < 1.29 is 9.21 Å². The molecule has 4 heteroatoms. The maximum Gasteiger partial charge on any atom is 0.238 e. The molecule has 0 bridgehead atoms. The molecule has 4 nitrogen and oxygen atoms in total. The van der Waals surface area contributed by atoms with Crippen LogP contribution in [0, 0.1) is 0 Å². The molecule has 2 rings (SSSR count). The maximum absolute atomic E-state index is 12.0. The first-order valence-corrected chi connectivity index (χ1v) is 6.77. The molecule has 1 aromatic heterocycles. The number of nitrogens with zero attached hydrogens (tertiary/aromatic N) is 1. The number of amides is 1. The van der Waals surface area contributed by atoms with Crippen molar-refractivity contribution in [3.05, 3.63) is 54.0 Å². The molecule has 1 amide bonds. The van der Waals surface area contributed by atoms with Crippen molar-refractivity contribution in [2.45, 2.75) is 19.9 Å². The lowest BCUT2D eigenvalue weighted by molar-refractivity contribution is -0.117. The van der Waals surface area contributed by atoms with Gasteiger partial charge in [-0.3, -0.25) is 9.69 Å². The van der Waals surface area contributed by atoms with Crippen LogP contribution >= 0.6 is 0 Å². The van der Waals surface area contributed by atoms with E-state index in [-0.39, 0.29) is 5.91 Å². The van der Waals surface area contributed by atoms with E-state index in [1.165, 1.54) is 0 Å². The van der Waals surface area contributed by atoms with E-state index in [1.54, 1.807) is 6.26 Å². The lowest BCUT2D eigenvalue weighted by Crippen LogP contribution is -2.30. The summed E-state index contributed by atoms with van der Waals surface area (Å²) in [7, 11) is 1.90. The summed E-state index contributed by atoms with van der Waals surface area (Å²) in [4.78, 5) is 14.0. The van der Waals surface area contributed by atoms with Crippen LogP contribution in [0.5, 0.6) is 0 Å². The highest BCUT2D eigenvalue weighted by molar-refractivity contribution is 5.92. The third-order valence-corrected chi connectivity index (χ3v) is 3.09. The number of hydrogen-bond acceptors (Lipinski definition) is 3. The Morgan fingerprint density at radius 1 is 1.25 bits per heavy atom. The van der Waals surface area contributed by atoms with Gasteiger partial charge in [0.1, 0.15) is 5.76 Å². The average Bonchev–Trinajstić information content (AvgIpc) is 2.91. The van der Waals surface area contributed by atoms with Crippen molar-refractivity contribution in [3.8, 4) is 0 Å². The van der Waals surface area contributed by atoms with Gasteiger partial charge in [0.2, 0.25) is 5.91 Å². The summed E-state index contributed by atoms with van der Waals surface area (Å²) in [6.45, 7) is 3.03. The summed E-state index contributed by atoms with van der Waals surface area (Å²) in [6.07, 6.45) is 2.54. The van der Waals surface area contributed by atoms with Crippen molar-refractivity contribution in [1.82, 2.24) is 4.90 Å². The van der Waals surface area contributed by atoms with Crippen LogP contribution in [0.25, 0.3) is 0 Å². The van der Waals surface area contributed by atoms with Crippen molar-refractivity contribution in [3.63, 3.8) is 0 Å².